The fourth-order valence-electron chi connectivity index (χ4n) is 2.56. The molecule has 0 radical (unpaired) electrons. The molecule has 0 saturated carbocycles. The summed E-state index contributed by atoms with van der Waals surface area (Å²) in [6.45, 7) is 2.28. The fraction of sp³-hybridized carbons (Fsp3) is 0.375. The second-order valence-electron chi connectivity index (χ2n) is 5.46. The van der Waals surface area contributed by atoms with E-state index in [2.05, 4.69) is 22.6 Å². The van der Waals surface area contributed by atoms with Crippen molar-refractivity contribution >= 4 is 17.8 Å². The van der Waals surface area contributed by atoms with Gasteiger partial charge in [-0.25, -0.2) is 4.79 Å². The van der Waals surface area contributed by atoms with E-state index in [0.717, 1.165) is 23.6 Å². The molecule has 116 valence electrons. The molecule has 1 aromatic heterocycles. The Kier molecular flexibility index (Phi) is 4.38. The third kappa shape index (κ3) is 3.27. The zero-order valence-electron chi connectivity index (χ0n) is 12.7. The molecule has 1 N–H and O–H groups in total. The van der Waals surface area contributed by atoms with E-state index in [0.29, 0.717) is 6.54 Å². The third-order valence-electron chi connectivity index (χ3n) is 3.68. The maximum atomic E-state index is 12.4. The summed E-state index contributed by atoms with van der Waals surface area (Å²) in [6, 6.07) is 10.1. The number of thioether (sulfide) groups is 1. The van der Waals surface area contributed by atoms with Crippen LogP contribution in [0.4, 0.5) is 4.79 Å². The van der Waals surface area contributed by atoms with Crippen LogP contribution in [-0.4, -0.2) is 28.9 Å². The van der Waals surface area contributed by atoms with Crippen LogP contribution in [0.15, 0.2) is 39.8 Å². The van der Waals surface area contributed by atoms with Crippen molar-refractivity contribution in [3.63, 3.8) is 0 Å². The number of carbonyl (C=O) groups excluding carboxylic acids is 1. The first-order chi connectivity index (χ1) is 10.6. The second kappa shape index (κ2) is 6.44. The van der Waals surface area contributed by atoms with Gasteiger partial charge in [0.2, 0.25) is 0 Å². The number of amides is 2. The largest absolute Gasteiger partial charge is 0.361 e. The molecular formula is C16H19N3O2S. The van der Waals surface area contributed by atoms with Gasteiger partial charge in [-0.3, -0.25) is 0 Å². The van der Waals surface area contributed by atoms with E-state index >= 15 is 0 Å². The molecule has 1 atom stereocenters. The molecule has 0 bridgehead atoms. The highest BCUT2D eigenvalue weighted by molar-refractivity contribution is 7.99. The molecule has 1 aliphatic heterocycles. The molecule has 0 fully saturated rings. The minimum absolute atomic E-state index is 0.0754. The van der Waals surface area contributed by atoms with Crippen LogP contribution in [-0.2, 0) is 6.54 Å². The summed E-state index contributed by atoms with van der Waals surface area (Å²) in [6.07, 6.45) is 0.949. The van der Waals surface area contributed by atoms with Crippen LogP contribution in [0, 0.1) is 6.92 Å². The van der Waals surface area contributed by atoms with Gasteiger partial charge in [-0.2, -0.15) is 0 Å². The van der Waals surface area contributed by atoms with E-state index < -0.39 is 0 Å². The summed E-state index contributed by atoms with van der Waals surface area (Å²) in [5, 5.41) is 7.04. The monoisotopic (exact) mass is 317 g/mol. The smallest absolute Gasteiger partial charge is 0.317 e. The Balaban J connectivity index is 1.64. The predicted octanol–water partition coefficient (Wildman–Crippen LogP) is 3.36. The summed E-state index contributed by atoms with van der Waals surface area (Å²) >= 11 is 1.85. The van der Waals surface area contributed by atoms with Crippen molar-refractivity contribution < 1.29 is 9.32 Å². The number of benzene rings is 1. The molecule has 0 spiro atoms. The molecule has 0 aliphatic carbocycles. The maximum Gasteiger partial charge on any atom is 0.317 e. The van der Waals surface area contributed by atoms with Gasteiger partial charge >= 0.3 is 6.03 Å². The molecule has 2 amide bonds. The lowest BCUT2D eigenvalue weighted by Crippen LogP contribution is -2.39. The van der Waals surface area contributed by atoms with Crippen LogP contribution in [0.5, 0.6) is 0 Å². The summed E-state index contributed by atoms with van der Waals surface area (Å²) in [5.74, 6) is 1.77. The Morgan fingerprint density at radius 1 is 1.50 bits per heavy atom. The van der Waals surface area contributed by atoms with Crippen molar-refractivity contribution in [2.75, 3.05) is 12.8 Å². The summed E-state index contributed by atoms with van der Waals surface area (Å²) in [5.41, 5.74) is 1.97. The standard InChI is InChI=1S/C16H19N3O2S/c1-11-9-12(18-21-11)10-19(2)16(20)17-14-7-8-22-15-6-4-3-5-13(14)15/h3-6,9,14H,7-8,10H2,1-2H3,(H,17,20)/t14-/m0/s1. The number of rotatable bonds is 3. The van der Waals surface area contributed by atoms with Gasteiger partial charge in [0.15, 0.2) is 0 Å². The lowest BCUT2D eigenvalue weighted by Gasteiger charge is -2.28. The first-order valence-electron chi connectivity index (χ1n) is 7.29. The highest BCUT2D eigenvalue weighted by atomic mass is 32.2. The van der Waals surface area contributed by atoms with Crippen LogP contribution in [0.25, 0.3) is 0 Å². The van der Waals surface area contributed by atoms with Gasteiger partial charge in [-0.15, -0.1) is 11.8 Å². The van der Waals surface area contributed by atoms with Gasteiger partial charge in [-0.05, 0) is 25.0 Å². The van der Waals surface area contributed by atoms with Crippen LogP contribution in [0.3, 0.4) is 0 Å². The summed E-state index contributed by atoms with van der Waals surface area (Å²) < 4.78 is 5.03. The number of nitrogens with zero attached hydrogens (tertiary/aromatic N) is 2. The number of fused-ring (bicyclic) bond motifs is 1. The highest BCUT2D eigenvalue weighted by Gasteiger charge is 2.23. The Morgan fingerprint density at radius 2 is 2.32 bits per heavy atom. The Labute approximate surface area is 134 Å². The number of nitrogens with one attached hydrogen (secondary N) is 1. The summed E-state index contributed by atoms with van der Waals surface area (Å²) in [4.78, 5) is 15.3. The SMILES string of the molecule is Cc1cc(CN(C)C(=O)N[C@H]2CCSc3ccccc32)no1. The maximum absolute atomic E-state index is 12.4. The third-order valence-corrected chi connectivity index (χ3v) is 4.80. The fourth-order valence-corrected chi connectivity index (χ4v) is 3.68. The lowest BCUT2D eigenvalue weighted by atomic mass is 10.0. The average molecular weight is 317 g/mol. The molecule has 5 nitrogen and oxygen atoms in total. The molecule has 0 saturated heterocycles. The zero-order chi connectivity index (χ0) is 15.5. The summed E-state index contributed by atoms with van der Waals surface area (Å²) in [7, 11) is 1.77. The van der Waals surface area contributed by atoms with Gasteiger partial charge in [0.05, 0.1) is 12.6 Å². The molecular weight excluding hydrogens is 298 g/mol. The van der Waals surface area contributed by atoms with E-state index in [-0.39, 0.29) is 12.1 Å². The van der Waals surface area contributed by atoms with E-state index in [1.807, 2.05) is 36.9 Å². The molecule has 6 heteroatoms. The highest BCUT2D eigenvalue weighted by Crippen LogP contribution is 2.35. The van der Waals surface area contributed by atoms with Crippen molar-refractivity contribution in [3.8, 4) is 0 Å². The molecule has 1 aromatic carbocycles. The number of urea groups is 1. The first-order valence-corrected chi connectivity index (χ1v) is 8.27. The van der Waals surface area contributed by atoms with Gasteiger partial charge in [0, 0.05) is 23.8 Å². The predicted molar refractivity (Wildman–Crippen MR) is 85.8 cm³/mol. The van der Waals surface area contributed by atoms with E-state index in [1.165, 1.54) is 10.5 Å². The normalized spacial score (nSPS) is 16.9. The van der Waals surface area contributed by atoms with Gasteiger partial charge in [0.1, 0.15) is 11.5 Å². The van der Waals surface area contributed by atoms with E-state index in [4.69, 9.17) is 4.52 Å². The molecule has 2 heterocycles. The molecule has 22 heavy (non-hydrogen) atoms. The minimum atomic E-state index is -0.0904. The number of aryl methyl sites for hydroxylation is 1. The lowest BCUT2D eigenvalue weighted by molar-refractivity contribution is 0.201. The van der Waals surface area contributed by atoms with Crippen molar-refractivity contribution in [2.24, 2.45) is 0 Å². The van der Waals surface area contributed by atoms with Crippen LogP contribution < -0.4 is 5.32 Å². The quantitative estimate of drug-likeness (QED) is 0.943. The van der Waals surface area contributed by atoms with Gasteiger partial charge in [0.25, 0.3) is 0 Å². The van der Waals surface area contributed by atoms with E-state index in [9.17, 15) is 4.79 Å². The molecule has 2 aromatic rings. The number of hydrogen-bond acceptors (Lipinski definition) is 4. The Morgan fingerprint density at radius 3 is 3.09 bits per heavy atom. The molecule has 3 rings (SSSR count). The first kappa shape index (κ1) is 15.0. The zero-order valence-corrected chi connectivity index (χ0v) is 13.5. The molecule has 1 aliphatic rings. The van der Waals surface area contributed by atoms with Crippen molar-refractivity contribution in [3.05, 3.63) is 47.3 Å². The average Bonchev–Trinajstić information content (AvgIpc) is 2.92. The topological polar surface area (TPSA) is 58.4 Å². The van der Waals surface area contributed by atoms with Crippen LogP contribution in [0.1, 0.15) is 29.5 Å². The second-order valence-corrected chi connectivity index (χ2v) is 6.60. The van der Waals surface area contributed by atoms with Crippen molar-refractivity contribution in [1.82, 2.24) is 15.4 Å². The number of aromatic nitrogens is 1. The van der Waals surface area contributed by atoms with Gasteiger partial charge in [-0.1, -0.05) is 23.4 Å². The van der Waals surface area contributed by atoms with Crippen molar-refractivity contribution in [1.29, 1.82) is 0 Å². The van der Waals surface area contributed by atoms with Crippen LogP contribution >= 0.6 is 11.8 Å². The number of hydrogen-bond donors (Lipinski definition) is 1. The van der Waals surface area contributed by atoms with Crippen LogP contribution in [0.2, 0.25) is 0 Å². The Hall–Kier alpha value is -1.95. The Bertz CT molecular complexity index is 671. The van der Waals surface area contributed by atoms with Crippen molar-refractivity contribution in [2.45, 2.75) is 30.8 Å². The van der Waals surface area contributed by atoms with Gasteiger partial charge < -0.3 is 14.7 Å². The van der Waals surface area contributed by atoms with E-state index in [1.54, 1.807) is 11.9 Å². The number of carbonyl (C=O) groups is 1. The minimum Gasteiger partial charge on any atom is -0.361 e. The molecule has 0 unspecified atom stereocenters.